The van der Waals surface area contributed by atoms with Gasteiger partial charge < -0.3 is 10.0 Å². The van der Waals surface area contributed by atoms with Crippen LogP contribution in [0.2, 0.25) is 0 Å². The number of rotatable bonds is 11. The first-order valence-electron chi connectivity index (χ1n) is 14.1. The van der Waals surface area contributed by atoms with E-state index in [9.17, 15) is 27.1 Å². The number of carbonyl (C=O) groups is 1. The molecule has 0 bridgehead atoms. The molecule has 9 heteroatoms. The van der Waals surface area contributed by atoms with Gasteiger partial charge >= 0.3 is 5.97 Å². The fraction of sp³-hybridized carbons (Fsp3) is 0.567. The van der Waals surface area contributed by atoms with E-state index < -0.39 is 27.7 Å². The van der Waals surface area contributed by atoms with Crippen molar-refractivity contribution in [2.45, 2.75) is 55.4 Å². The standard InChI is InChI=1S/C30H38F2N2O4S/c31-25-6-8-27(9-7-25)39(37,38)15-12-21-10-13-33(14-11-21)18-24-19-34(29(30(35)36)16-22-4-5-22)20-28(24)23-2-1-3-26(32)17-23/h1-3,6-9,17,21-22,24,28-29H,4-5,10-16,18-20H2,(H,35,36)/t24-,28-,29+/m0/s1. The van der Waals surface area contributed by atoms with Gasteiger partial charge in [-0.25, -0.2) is 17.2 Å². The van der Waals surface area contributed by atoms with E-state index in [0.29, 0.717) is 37.8 Å². The molecule has 1 aliphatic carbocycles. The minimum Gasteiger partial charge on any atom is -0.480 e. The molecule has 1 N–H and O–H groups in total. The number of hydrogen-bond donors (Lipinski definition) is 1. The number of likely N-dealkylation sites (tertiary alicyclic amines) is 2. The fourth-order valence-corrected chi connectivity index (χ4v) is 7.84. The van der Waals surface area contributed by atoms with Crippen LogP contribution in [0.5, 0.6) is 0 Å². The largest absolute Gasteiger partial charge is 0.480 e. The molecule has 0 radical (unpaired) electrons. The minimum atomic E-state index is -3.44. The number of sulfone groups is 1. The number of nitrogens with zero attached hydrogens (tertiary/aromatic N) is 2. The molecule has 2 aromatic rings. The van der Waals surface area contributed by atoms with Crippen LogP contribution in [0.3, 0.4) is 0 Å². The number of hydrogen-bond acceptors (Lipinski definition) is 5. The SMILES string of the molecule is O=C(O)[C@@H](CC1CC1)N1C[C@H](CN2CCC(CCS(=O)(=O)c3ccc(F)cc3)CC2)[C@H](c2cccc(F)c2)C1. The van der Waals surface area contributed by atoms with Crippen LogP contribution in [0.25, 0.3) is 0 Å². The smallest absolute Gasteiger partial charge is 0.320 e. The van der Waals surface area contributed by atoms with Gasteiger partial charge in [-0.05, 0) is 98.5 Å². The Balaban J connectivity index is 1.18. The summed E-state index contributed by atoms with van der Waals surface area (Å²) in [4.78, 5) is 16.8. The average Bonchev–Trinajstić information content (AvgIpc) is 3.65. The predicted octanol–water partition coefficient (Wildman–Crippen LogP) is 4.81. The van der Waals surface area contributed by atoms with Crippen molar-refractivity contribution < 1.29 is 27.1 Å². The summed E-state index contributed by atoms with van der Waals surface area (Å²) in [5.41, 5.74) is 0.930. The number of benzene rings is 2. The zero-order valence-electron chi connectivity index (χ0n) is 22.2. The van der Waals surface area contributed by atoms with Crippen LogP contribution in [0, 0.1) is 29.4 Å². The lowest BCUT2D eigenvalue weighted by Crippen LogP contribution is -2.42. The van der Waals surface area contributed by atoms with Gasteiger partial charge in [-0.1, -0.05) is 25.0 Å². The number of carboxylic acids is 1. The maximum absolute atomic E-state index is 14.1. The molecule has 3 fully saturated rings. The van der Waals surface area contributed by atoms with E-state index in [-0.39, 0.29) is 28.3 Å². The summed E-state index contributed by atoms with van der Waals surface area (Å²) < 4.78 is 52.6. The van der Waals surface area contributed by atoms with Crippen LogP contribution in [0.15, 0.2) is 53.4 Å². The Labute approximate surface area is 229 Å². The lowest BCUT2D eigenvalue weighted by molar-refractivity contribution is -0.143. The highest BCUT2D eigenvalue weighted by atomic mass is 32.2. The lowest BCUT2D eigenvalue weighted by atomic mass is 9.87. The van der Waals surface area contributed by atoms with Crippen molar-refractivity contribution in [2.24, 2.45) is 17.8 Å². The minimum absolute atomic E-state index is 0.0557. The van der Waals surface area contributed by atoms with Crippen LogP contribution in [0.4, 0.5) is 8.78 Å². The Morgan fingerprint density at radius 2 is 1.67 bits per heavy atom. The Hall–Kier alpha value is -2.36. The fourth-order valence-electron chi connectivity index (χ4n) is 6.41. The Morgan fingerprint density at radius 3 is 2.31 bits per heavy atom. The highest BCUT2D eigenvalue weighted by Gasteiger charge is 2.42. The van der Waals surface area contributed by atoms with Crippen molar-refractivity contribution in [3.8, 4) is 0 Å². The van der Waals surface area contributed by atoms with E-state index in [1.165, 1.54) is 30.3 Å². The summed E-state index contributed by atoms with van der Waals surface area (Å²) in [7, 11) is -3.44. The van der Waals surface area contributed by atoms with Crippen molar-refractivity contribution in [2.75, 3.05) is 38.5 Å². The van der Waals surface area contributed by atoms with Gasteiger partial charge in [0.2, 0.25) is 0 Å². The number of aliphatic carboxylic acids is 1. The molecule has 39 heavy (non-hydrogen) atoms. The molecule has 2 aromatic carbocycles. The molecule has 3 aliphatic rings. The average molecular weight is 561 g/mol. The highest BCUT2D eigenvalue weighted by molar-refractivity contribution is 7.91. The van der Waals surface area contributed by atoms with Crippen molar-refractivity contribution in [3.63, 3.8) is 0 Å². The van der Waals surface area contributed by atoms with Crippen molar-refractivity contribution in [1.82, 2.24) is 9.80 Å². The molecule has 2 saturated heterocycles. The van der Waals surface area contributed by atoms with Crippen LogP contribution in [-0.4, -0.2) is 73.8 Å². The normalized spacial score (nSPS) is 24.2. The zero-order valence-corrected chi connectivity index (χ0v) is 23.0. The maximum atomic E-state index is 14.1. The van der Waals surface area contributed by atoms with Gasteiger partial charge in [0.25, 0.3) is 0 Å². The van der Waals surface area contributed by atoms with Gasteiger partial charge in [0, 0.05) is 25.6 Å². The summed E-state index contributed by atoms with van der Waals surface area (Å²) in [6.45, 7) is 3.83. The van der Waals surface area contributed by atoms with Gasteiger partial charge in [0.05, 0.1) is 10.6 Å². The molecular weight excluding hydrogens is 522 g/mol. The summed E-state index contributed by atoms with van der Waals surface area (Å²) in [6, 6.07) is 11.2. The third kappa shape index (κ3) is 7.24. The topological polar surface area (TPSA) is 77.9 Å². The van der Waals surface area contributed by atoms with Gasteiger partial charge in [-0.15, -0.1) is 0 Å². The van der Waals surface area contributed by atoms with Gasteiger partial charge in [0.1, 0.15) is 17.7 Å². The second-order valence-electron chi connectivity index (χ2n) is 11.7. The molecule has 0 unspecified atom stereocenters. The summed E-state index contributed by atoms with van der Waals surface area (Å²) in [5, 5.41) is 9.97. The van der Waals surface area contributed by atoms with E-state index in [0.717, 1.165) is 50.9 Å². The molecule has 212 valence electrons. The van der Waals surface area contributed by atoms with Crippen molar-refractivity contribution >= 4 is 15.8 Å². The molecule has 0 spiro atoms. The van der Waals surface area contributed by atoms with Crippen molar-refractivity contribution in [3.05, 3.63) is 65.7 Å². The van der Waals surface area contributed by atoms with Gasteiger partial charge in [-0.2, -0.15) is 0 Å². The summed E-state index contributed by atoms with van der Waals surface area (Å²) in [5.74, 6) is -0.351. The molecular formula is C30H38F2N2O4S. The van der Waals surface area contributed by atoms with E-state index in [4.69, 9.17) is 0 Å². The monoisotopic (exact) mass is 560 g/mol. The Kier molecular flexibility index (Phi) is 8.69. The quantitative estimate of drug-likeness (QED) is 0.398. The van der Waals surface area contributed by atoms with E-state index >= 15 is 0 Å². The molecule has 2 heterocycles. The first kappa shape index (κ1) is 28.2. The highest BCUT2D eigenvalue weighted by Crippen LogP contribution is 2.39. The number of carboxylic acid groups (broad SMARTS) is 1. The second-order valence-corrected chi connectivity index (χ2v) is 13.8. The first-order chi connectivity index (χ1) is 18.7. The molecule has 1 saturated carbocycles. The van der Waals surface area contributed by atoms with E-state index in [1.54, 1.807) is 12.1 Å². The van der Waals surface area contributed by atoms with E-state index in [1.807, 2.05) is 6.07 Å². The predicted molar refractivity (Wildman–Crippen MR) is 145 cm³/mol. The Morgan fingerprint density at radius 1 is 0.949 bits per heavy atom. The van der Waals surface area contributed by atoms with Gasteiger partial charge in [0.15, 0.2) is 9.84 Å². The number of piperidine rings is 1. The molecule has 2 aliphatic heterocycles. The van der Waals surface area contributed by atoms with Crippen LogP contribution in [0.1, 0.15) is 50.0 Å². The zero-order chi connectivity index (χ0) is 27.6. The lowest BCUT2D eigenvalue weighted by Gasteiger charge is -2.35. The number of halogens is 2. The summed E-state index contributed by atoms with van der Waals surface area (Å²) in [6.07, 6.45) is 5.28. The van der Waals surface area contributed by atoms with E-state index in [2.05, 4.69) is 9.80 Å². The third-order valence-corrected chi connectivity index (χ3v) is 10.7. The third-order valence-electron chi connectivity index (χ3n) is 8.89. The molecule has 5 rings (SSSR count). The van der Waals surface area contributed by atoms with Crippen LogP contribution >= 0.6 is 0 Å². The summed E-state index contributed by atoms with van der Waals surface area (Å²) >= 11 is 0. The second kappa shape index (κ2) is 12.0. The van der Waals surface area contributed by atoms with Crippen LogP contribution < -0.4 is 0 Å². The molecule has 3 atom stereocenters. The molecule has 0 aromatic heterocycles. The molecule has 0 amide bonds. The van der Waals surface area contributed by atoms with Crippen molar-refractivity contribution in [1.29, 1.82) is 0 Å². The first-order valence-corrected chi connectivity index (χ1v) is 15.8. The maximum Gasteiger partial charge on any atom is 0.320 e. The van der Waals surface area contributed by atoms with Crippen LogP contribution in [-0.2, 0) is 14.6 Å². The molecule has 6 nitrogen and oxygen atoms in total. The van der Waals surface area contributed by atoms with Gasteiger partial charge in [-0.3, -0.25) is 9.69 Å². The Bertz CT molecular complexity index is 1240.